The van der Waals surface area contributed by atoms with Gasteiger partial charge in [0.2, 0.25) is 5.88 Å². The zero-order valence-corrected chi connectivity index (χ0v) is 11.5. The first kappa shape index (κ1) is 14.9. The second-order valence-electron chi connectivity index (χ2n) is 4.79. The van der Waals surface area contributed by atoms with Crippen molar-refractivity contribution in [3.63, 3.8) is 0 Å². The summed E-state index contributed by atoms with van der Waals surface area (Å²) in [5, 5.41) is 2.56. The van der Waals surface area contributed by atoms with Crippen LogP contribution >= 0.6 is 0 Å². The lowest BCUT2D eigenvalue weighted by Crippen LogP contribution is -2.27. The van der Waals surface area contributed by atoms with E-state index in [1.54, 1.807) is 26.8 Å². The molecule has 104 valence electrons. The molecule has 6 heteroatoms. The fourth-order valence-electron chi connectivity index (χ4n) is 1.17. The molecule has 0 saturated heterocycles. The fourth-order valence-corrected chi connectivity index (χ4v) is 1.17. The van der Waals surface area contributed by atoms with Crippen LogP contribution in [0.2, 0.25) is 0 Å². The number of nitrogens with one attached hydrogen (secondary N) is 1. The van der Waals surface area contributed by atoms with Gasteiger partial charge in [-0.15, -0.1) is 6.58 Å². The minimum Gasteiger partial charge on any atom is -0.476 e. The first-order valence-electron chi connectivity index (χ1n) is 5.96. The maximum Gasteiger partial charge on any atom is 0.412 e. The molecule has 1 heterocycles. The molecule has 0 aromatic carbocycles. The molecule has 1 aromatic heterocycles. The number of carbonyl (C=O) groups is 1. The van der Waals surface area contributed by atoms with Crippen LogP contribution in [-0.2, 0) is 4.74 Å². The summed E-state index contributed by atoms with van der Waals surface area (Å²) in [7, 11) is 0. The van der Waals surface area contributed by atoms with Crippen molar-refractivity contribution < 1.29 is 14.3 Å². The first-order valence-corrected chi connectivity index (χ1v) is 5.96. The largest absolute Gasteiger partial charge is 0.476 e. The van der Waals surface area contributed by atoms with Gasteiger partial charge in [-0.2, -0.15) is 4.98 Å². The molecule has 1 N–H and O–H groups in total. The normalized spacial score (nSPS) is 10.7. The second-order valence-corrected chi connectivity index (χ2v) is 4.79. The third-order valence-corrected chi connectivity index (χ3v) is 1.87. The van der Waals surface area contributed by atoms with Gasteiger partial charge in [-0.3, -0.25) is 5.32 Å². The van der Waals surface area contributed by atoms with Gasteiger partial charge in [0.25, 0.3) is 0 Å². The van der Waals surface area contributed by atoms with E-state index in [4.69, 9.17) is 9.47 Å². The smallest absolute Gasteiger partial charge is 0.412 e. The summed E-state index contributed by atoms with van der Waals surface area (Å²) in [5.41, 5.74) is -0.190. The third kappa shape index (κ3) is 5.85. The number of nitrogens with zero attached hydrogens (tertiary/aromatic N) is 2. The average molecular weight is 265 g/mol. The maximum atomic E-state index is 11.6. The standard InChI is InChI=1S/C13H19N3O3/c1-5-6-7-18-11-10(8-14-9-15-11)16-12(17)19-13(2,3)4/h5,8-9H,1,6-7H2,2-4H3,(H,16,17). The van der Waals surface area contributed by atoms with Crippen LogP contribution in [0.5, 0.6) is 5.88 Å². The molecular weight excluding hydrogens is 246 g/mol. The van der Waals surface area contributed by atoms with Crippen molar-refractivity contribution in [3.05, 3.63) is 25.2 Å². The van der Waals surface area contributed by atoms with Crippen LogP contribution < -0.4 is 10.1 Å². The highest BCUT2D eigenvalue weighted by Crippen LogP contribution is 2.20. The number of rotatable bonds is 5. The van der Waals surface area contributed by atoms with E-state index in [1.807, 2.05) is 0 Å². The molecule has 6 nitrogen and oxygen atoms in total. The lowest BCUT2D eigenvalue weighted by atomic mass is 10.2. The summed E-state index contributed by atoms with van der Waals surface area (Å²) >= 11 is 0. The molecule has 0 aliphatic heterocycles. The highest BCUT2D eigenvalue weighted by Gasteiger charge is 2.18. The summed E-state index contributed by atoms with van der Waals surface area (Å²) in [4.78, 5) is 19.5. The van der Waals surface area contributed by atoms with E-state index in [0.29, 0.717) is 24.6 Å². The van der Waals surface area contributed by atoms with Crippen LogP contribution in [0.4, 0.5) is 10.5 Å². The number of amides is 1. The average Bonchev–Trinajstić information content (AvgIpc) is 2.29. The van der Waals surface area contributed by atoms with E-state index in [-0.39, 0.29) is 0 Å². The molecule has 1 amide bonds. The van der Waals surface area contributed by atoms with Crippen molar-refractivity contribution in [2.45, 2.75) is 32.8 Å². The van der Waals surface area contributed by atoms with E-state index < -0.39 is 11.7 Å². The van der Waals surface area contributed by atoms with Crippen molar-refractivity contribution in [2.24, 2.45) is 0 Å². The van der Waals surface area contributed by atoms with Crippen LogP contribution in [0.25, 0.3) is 0 Å². The molecule has 0 bridgehead atoms. The summed E-state index contributed by atoms with van der Waals surface area (Å²) in [6.07, 6.45) is 4.66. The van der Waals surface area contributed by atoms with Crippen LogP contribution in [0.1, 0.15) is 27.2 Å². The fraction of sp³-hybridized carbons (Fsp3) is 0.462. The van der Waals surface area contributed by atoms with Gasteiger partial charge in [-0.1, -0.05) is 6.08 Å². The monoisotopic (exact) mass is 265 g/mol. The molecule has 0 radical (unpaired) electrons. The predicted octanol–water partition coefficient (Wildman–Crippen LogP) is 2.78. The first-order chi connectivity index (χ1) is 8.92. The SMILES string of the molecule is C=CCCOc1ncncc1NC(=O)OC(C)(C)C. The number of aromatic nitrogens is 2. The highest BCUT2D eigenvalue weighted by molar-refractivity contribution is 5.86. The van der Waals surface area contributed by atoms with Crippen molar-refractivity contribution in [1.29, 1.82) is 0 Å². The van der Waals surface area contributed by atoms with Gasteiger partial charge in [-0.05, 0) is 27.2 Å². The van der Waals surface area contributed by atoms with Gasteiger partial charge in [-0.25, -0.2) is 9.78 Å². The molecular formula is C13H19N3O3. The van der Waals surface area contributed by atoms with Gasteiger partial charge in [0.05, 0.1) is 12.8 Å². The van der Waals surface area contributed by atoms with Crippen LogP contribution in [-0.4, -0.2) is 28.3 Å². The molecule has 19 heavy (non-hydrogen) atoms. The maximum absolute atomic E-state index is 11.6. The van der Waals surface area contributed by atoms with E-state index in [0.717, 1.165) is 0 Å². The van der Waals surface area contributed by atoms with Crippen LogP contribution in [0.15, 0.2) is 25.2 Å². The molecule has 0 spiro atoms. The van der Waals surface area contributed by atoms with Gasteiger partial charge in [0.15, 0.2) is 0 Å². The minimum atomic E-state index is -0.573. The molecule has 0 fully saturated rings. The van der Waals surface area contributed by atoms with Crippen molar-refractivity contribution >= 4 is 11.8 Å². The zero-order valence-electron chi connectivity index (χ0n) is 11.5. The zero-order chi connectivity index (χ0) is 14.3. The summed E-state index contributed by atoms with van der Waals surface area (Å²) < 4.78 is 10.6. The lowest BCUT2D eigenvalue weighted by Gasteiger charge is -2.20. The Kier molecular flexibility index (Phi) is 5.29. The van der Waals surface area contributed by atoms with Crippen molar-refractivity contribution in [1.82, 2.24) is 9.97 Å². The Balaban J connectivity index is 2.66. The Labute approximate surface area is 112 Å². The minimum absolute atomic E-state index is 0.308. The molecule has 0 unspecified atom stereocenters. The number of carbonyl (C=O) groups excluding carboxylic acids is 1. The van der Waals surface area contributed by atoms with Crippen LogP contribution in [0.3, 0.4) is 0 Å². The molecule has 0 atom stereocenters. The number of hydrogen-bond acceptors (Lipinski definition) is 5. The van der Waals surface area contributed by atoms with Gasteiger partial charge >= 0.3 is 6.09 Å². The molecule has 0 aliphatic carbocycles. The summed E-state index contributed by atoms with van der Waals surface area (Å²) in [6, 6.07) is 0. The van der Waals surface area contributed by atoms with E-state index >= 15 is 0 Å². The summed E-state index contributed by atoms with van der Waals surface area (Å²) in [5.74, 6) is 0.308. The van der Waals surface area contributed by atoms with E-state index in [9.17, 15) is 4.79 Å². The van der Waals surface area contributed by atoms with Gasteiger partial charge < -0.3 is 9.47 Å². The number of hydrogen-bond donors (Lipinski definition) is 1. The van der Waals surface area contributed by atoms with Crippen LogP contribution in [0, 0.1) is 0 Å². The Morgan fingerprint density at radius 1 is 1.53 bits per heavy atom. The highest BCUT2D eigenvalue weighted by atomic mass is 16.6. The molecule has 0 saturated carbocycles. The van der Waals surface area contributed by atoms with Gasteiger partial charge in [0, 0.05) is 0 Å². The second kappa shape index (κ2) is 6.72. The topological polar surface area (TPSA) is 73.3 Å². The molecule has 1 rings (SSSR count). The van der Waals surface area contributed by atoms with E-state index in [1.165, 1.54) is 12.5 Å². The Morgan fingerprint density at radius 3 is 2.89 bits per heavy atom. The predicted molar refractivity (Wildman–Crippen MR) is 72.2 cm³/mol. The van der Waals surface area contributed by atoms with Crippen molar-refractivity contribution in [2.75, 3.05) is 11.9 Å². The van der Waals surface area contributed by atoms with Gasteiger partial charge in [0.1, 0.15) is 17.6 Å². The van der Waals surface area contributed by atoms with Crippen molar-refractivity contribution in [3.8, 4) is 5.88 Å². The van der Waals surface area contributed by atoms with E-state index in [2.05, 4.69) is 21.9 Å². The lowest BCUT2D eigenvalue weighted by molar-refractivity contribution is 0.0635. The Morgan fingerprint density at radius 2 is 2.26 bits per heavy atom. The summed E-state index contributed by atoms with van der Waals surface area (Å²) in [6.45, 7) is 9.40. The molecule has 1 aromatic rings. The Hall–Kier alpha value is -2.11. The molecule has 0 aliphatic rings. The third-order valence-electron chi connectivity index (χ3n) is 1.87. The number of ether oxygens (including phenoxy) is 2. The quantitative estimate of drug-likeness (QED) is 0.654. The number of anilines is 1. The Bertz CT molecular complexity index is 441.